The highest BCUT2D eigenvalue weighted by Crippen LogP contribution is 2.33. The first-order valence-electron chi connectivity index (χ1n) is 7.65. The third-order valence-electron chi connectivity index (χ3n) is 3.89. The predicted molar refractivity (Wildman–Crippen MR) is 104 cm³/mol. The van der Waals surface area contributed by atoms with E-state index in [1.807, 2.05) is 0 Å². The average Bonchev–Trinajstić information content (AvgIpc) is 2.56. The maximum absolute atomic E-state index is 12.9. The van der Waals surface area contributed by atoms with Crippen LogP contribution in [-0.2, 0) is 4.79 Å². The van der Waals surface area contributed by atoms with E-state index < -0.39 is 12.1 Å². The van der Waals surface area contributed by atoms with Crippen molar-refractivity contribution in [2.45, 2.75) is 13.0 Å². The zero-order chi connectivity index (χ0) is 18.8. The zero-order valence-electron chi connectivity index (χ0n) is 13.6. The van der Waals surface area contributed by atoms with Crippen LogP contribution in [0.15, 0.2) is 53.7 Å². The Morgan fingerprint density at radius 3 is 2.35 bits per heavy atom. The number of hydrogen-bond donors (Lipinski definition) is 3. The minimum Gasteiger partial charge on any atom is -0.327 e. The number of anilines is 1. The van der Waals surface area contributed by atoms with E-state index in [-0.39, 0.29) is 5.91 Å². The third-order valence-corrected chi connectivity index (χ3v) is 4.70. The molecule has 3 N–H and O–H groups in total. The molecule has 8 heteroatoms. The summed E-state index contributed by atoms with van der Waals surface area (Å²) >= 11 is 18.1. The lowest BCUT2D eigenvalue weighted by Gasteiger charge is -2.29. The molecular formula is C18H14Cl3N3O2. The summed E-state index contributed by atoms with van der Waals surface area (Å²) in [6.45, 7) is 1.66. The molecule has 26 heavy (non-hydrogen) atoms. The van der Waals surface area contributed by atoms with Crippen LogP contribution >= 0.6 is 34.8 Å². The number of urea groups is 1. The van der Waals surface area contributed by atoms with Gasteiger partial charge in [0.25, 0.3) is 5.91 Å². The Bertz CT molecular complexity index is 910. The van der Waals surface area contributed by atoms with Gasteiger partial charge in [-0.25, -0.2) is 4.79 Å². The van der Waals surface area contributed by atoms with Crippen LogP contribution in [0.25, 0.3) is 0 Å². The fraction of sp³-hybridized carbons (Fsp3) is 0.111. The SMILES string of the molecule is CC1=C(C(=O)Nc2ccc(Cl)cc2)[C@@H](c2ccc(Cl)cc2Cl)NC(=O)N1. The molecule has 3 rings (SSSR count). The van der Waals surface area contributed by atoms with Crippen molar-refractivity contribution in [3.05, 3.63) is 74.4 Å². The van der Waals surface area contributed by atoms with Gasteiger partial charge in [-0.3, -0.25) is 4.79 Å². The first kappa shape index (κ1) is 18.6. The van der Waals surface area contributed by atoms with Gasteiger partial charge in [-0.15, -0.1) is 0 Å². The highest BCUT2D eigenvalue weighted by Gasteiger charge is 2.32. The van der Waals surface area contributed by atoms with Crippen LogP contribution in [0.5, 0.6) is 0 Å². The number of benzene rings is 2. The summed E-state index contributed by atoms with van der Waals surface area (Å²) in [6, 6.07) is 10.5. The molecule has 0 saturated heterocycles. The number of carbonyl (C=O) groups excluding carboxylic acids is 2. The molecular weight excluding hydrogens is 397 g/mol. The van der Waals surface area contributed by atoms with Gasteiger partial charge in [-0.1, -0.05) is 40.9 Å². The molecule has 0 aliphatic carbocycles. The molecule has 1 aliphatic rings. The number of hydrogen-bond acceptors (Lipinski definition) is 2. The molecule has 0 saturated carbocycles. The van der Waals surface area contributed by atoms with E-state index in [9.17, 15) is 9.59 Å². The summed E-state index contributed by atoms with van der Waals surface area (Å²) in [6.07, 6.45) is 0. The summed E-state index contributed by atoms with van der Waals surface area (Å²) in [5, 5.41) is 9.53. The van der Waals surface area contributed by atoms with Crippen LogP contribution in [0.3, 0.4) is 0 Å². The summed E-state index contributed by atoms with van der Waals surface area (Å²) < 4.78 is 0. The number of amides is 3. The molecule has 0 radical (unpaired) electrons. The van der Waals surface area contributed by atoms with Gasteiger partial charge in [0.1, 0.15) is 0 Å². The van der Waals surface area contributed by atoms with Crippen LogP contribution in [0.1, 0.15) is 18.5 Å². The average molecular weight is 411 g/mol. The van der Waals surface area contributed by atoms with Crippen molar-refractivity contribution in [3.8, 4) is 0 Å². The van der Waals surface area contributed by atoms with E-state index in [1.54, 1.807) is 49.4 Å². The quantitative estimate of drug-likeness (QED) is 0.672. The maximum Gasteiger partial charge on any atom is 0.319 e. The molecule has 0 fully saturated rings. The molecule has 5 nitrogen and oxygen atoms in total. The lowest BCUT2D eigenvalue weighted by Crippen LogP contribution is -2.46. The van der Waals surface area contributed by atoms with Crippen molar-refractivity contribution in [3.63, 3.8) is 0 Å². The molecule has 0 bridgehead atoms. The highest BCUT2D eigenvalue weighted by molar-refractivity contribution is 6.35. The standard InChI is InChI=1S/C18H14Cl3N3O2/c1-9-15(17(25)23-12-5-2-10(19)3-6-12)16(24-18(26)22-9)13-7-4-11(20)8-14(13)21/h2-8,16H,1H3,(H,23,25)(H2,22,24,26)/t16-/m1/s1. The first-order valence-corrected chi connectivity index (χ1v) is 8.78. The van der Waals surface area contributed by atoms with E-state index in [4.69, 9.17) is 34.8 Å². The second-order valence-electron chi connectivity index (χ2n) is 5.70. The fourth-order valence-corrected chi connectivity index (χ4v) is 3.34. The highest BCUT2D eigenvalue weighted by atomic mass is 35.5. The lowest BCUT2D eigenvalue weighted by atomic mass is 9.94. The molecule has 0 spiro atoms. The molecule has 0 unspecified atom stereocenters. The van der Waals surface area contributed by atoms with Crippen LogP contribution in [0.2, 0.25) is 15.1 Å². The van der Waals surface area contributed by atoms with E-state index >= 15 is 0 Å². The van der Waals surface area contributed by atoms with E-state index in [2.05, 4.69) is 16.0 Å². The van der Waals surface area contributed by atoms with Gasteiger partial charge in [-0.2, -0.15) is 0 Å². The van der Waals surface area contributed by atoms with Crippen LogP contribution in [-0.4, -0.2) is 11.9 Å². The van der Waals surface area contributed by atoms with E-state index in [0.717, 1.165) is 0 Å². The molecule has 134 valence electrons. The van der Waals surface area contributed by atoms with Gasteiger partial charge < -0.3 is 16.0 Å². The lowest BCUT2D eigenvalue weighted by molar-refractivity contribution is -0.113. The van der Waals surface area contributed by atoms with Gasteiger partial charge in [0.2, 0.25) is 0 Å². The van der Waals surface area contributed by atoms with Gasteiger partial charge in [0, 0.05) is 26.5 Å². The second kappa shape index (κ2) is 7.58. The molecule has 3 amide bonds. The normalized spacial score (nSPS) is 16.8. The predicted octanol–water partition coefficient (Wildman–Crippen LogP) is 4.91. The molecule has 1 heterocycles. The van der Waals surface area contributed by atoms with Gasteiger partial charge in [0.05, 0.1) is 11.6 Å². The molecule has 1 atom stereocenters. The third kappa shape index (κ3) is 3.96. The number of rotatable bonds is 3. The summed E-state index contributed by atoms with van der Waals surface area (Å²) in [5.74, 6) is -0.367. The molecule has 2 aromatic rings. The summed E-state index contributed by atoms with van der Waals surface area (Å²) in [7, 11) is 0. The van der Waals surface area contributed by atoms with Crippen LogP contribution in [0, 0.1) is 0 Å². The van der Waals surface area contributed by atoms with Crippen molar-refractivity contribution >= 4 is 52.4 Å². The number of halogens is 3. The monoisotopic (exact) mass is 409 g/mol. The van der Waals surface area contributed by atoms with Crippen LogP contribution < -0.4 is 16.0 Å². The Balaban J connectivity index is 1.97. The van der Waals surface area contributed by atoms with Gasteiger partial charge >= 0.3 is 6.03 Å². The van der Waals surface area contributed by atoms with Crippen LogP contribution in [0.4, 0.5) is 10.5 Å². The Labute approximate surface area is 165 Å². The Morgan fingerprint density at radius 2 is 1.69 bits per heavy atom. The van der Waals surface area contributed by atoms with E-state index in [0.29, 0.717) is 37.6 Å². The minimum atomic E-state index is -0.708. The van der Waals surface area contributed by atoms with Crippen molar-refractivity contribution in [2.24, 2.45) is 0 Å². The Hall–Kier alpha value is -2.21. The molecule has 0 aromatic heterocycles. The summed E-state index contributed by atoms with van der Waals surface area (Å²) in [4.78, 5) is 24.8. The second-order valence-corrected chi connectivity index (χ2v) is 6.98. The molecule has 2 aromatic carbocycles. The van der Waals surface area contributed by atoms with Gasteiger partial charge in [-0.05, 0) is 48.9 Å². The van der Waals surface area contributed by atoms with E-state index in [1.165, 1.54) is 0 Å². The Morgan fingerprint density at radius 1 is 1.04 bits per heavy atom. The minimum absolute atomic E-state index is 0.351. The van der Waals surface area contributed by atoms with Crippen molar-refractivity contribution in [1.29, 1.82) is 0 Å². The van der Waals surface area contributed by atoms with Gasteiger partial charge in [0.15, 0.2) is 0 Å². The van der Waals surface area contributed by atoms with Crippen molar-refractivity contribution < 1.29 is 9.59 Å². The number of nitrogens with one attached hydrogen (secondary N) is 3. The Kier molecular flexibility index (Phi) is 5.41. The van der Waals surface area contributed by atoms with Crippen molar-refractivity contribution in [2.75, 3.05) is 5.32 Å². The number of allylic oxidation sites excluding steroid dienone is 1. The fourth-order valence-electron chi connectivity index (χ4n) is 2.70. The maximum atomic E-state index is 12.9. The molecule has 1 aliphatic heterocycles. The zero-order valence-corrected chi connectivity index (χ0v) is 15.8. The first-order chi connectivity index (χ1) is 12.3. The summed E-state index contributed by atoms with van der Waals surface area (Å²) in [5.41, 5.74) is 1.95. The largest absolute Gasteiger partial charge is 0.327 e. The topological polar surface area (TPSA) is 70.2 Å². The smallest absolute Gasteiger partial charge is 0.319 e. The van der Waals surface area contributed by atoms with Crippen molar-refractivity contribution in [1.82, 2.24) is 10.6 Å². The number of carbonyl (C=O) groups is 2.